The van der Waals surface area contributed by atoms with Gasteiger partial charge in [0.25, 0.3) is 0 Å². The average molecular weight is 272 g/mol. The van der Waals surface area contributed by atoms with E-state index < -0.39 is 28.4 Å². The van der Waals surface area contributed by atoms with Gasteiger partial charge in [-0.05, 0) is 18.2 Å². The first-order valence-corrected chi connectivity index (χ1v) is 6.72. The average Bonchev–Trinajstić information content (AvgIpc) is 2.26. The van der Waals surface area contributed by atoms with E-state index >= 15 is 0 Å². The molecule has 0 bridgehead atoms. The standard InChI is InChI=1S/C10H12N2O5S/c1-18(15,16)12-6-9(13)17-8-4-2-3-7(5-8)10(11)14/h2-5,12H,6H2,1H3,(H2,11,14). The molecule has 1 amide bonds. The highest BCUT2D eigenvalue weighted by atomic mass is 32.2. The molecule has 18 heavy (non-hydrogen) atoms. The van der Waals surface area contributed by atoms with Gasteiger partial charge in [0, 0.05) is 5.56 Å². The van der Waals surface area contributed by atoms with Crippen LogP contribution in [0.25, 0.3) is 0 Å². The second-order valence-electron chi connectivity index (χ2n) is 3.46. The molecule has 0 heterocycles. The van der Waals surface area contributed by atoms with Crippen LogP contribution in [0.5, 0.6) is 5.75 Å². The molecule has 1 rings (SSSR count). The van der Waals surface area contributed by atoms with Gasteiger partial charge in [-0.2, -0.15) is 0 Å². The molecule has 1 aromatic rings. The predicted molar refractivity (Wildman–Crippen MR) is 63.4 cm³/mol. The van der Waals surface area contributed by atoms with Crippen LogP contribution in [-0.4, -0.2) is 33.1 Å². The Balaban J connectivity index is 2.65. The number of hydrogen-bond donors (Lipinski definition) is 2. The Labute approximate surface area is 104 Å². The van der Waals surface area contributed by atoms with Crippen LogP contribution in [0.15, 0.2) is 24.3 Å². The van der Waals surface area contributed by atoms with E-state index in [9.17, 15) is 18.0 Å². The lowest BCUT2D eigenvalue weighted by atomic mass is 10.2. The summed E-state index contributed by atoms with van der Waals surface area (Å²) in [5, 5.41) is 0. The minimum atomic E-state index is -3.46. The highest BCUT2D eigenvalue weighted by Crippen LogP contribution is 2.12. The quantitative estimate of drug-likeness (QED) is 0.540. The van der Waals surface area contributed by atoms with Gasteiger partial charge in [-0.25, -0.2) is 13.1 Å². The van der Waals surface area contributed by atoms with Gasteiger partial charge in [-0.1, -0.05) is 6.07 Å². The molecular weight excluding hydrogens is 260 g/mol. The zero-order chi connectivity index (χ0) is 13.8. The third kappa shape index (κ3) is 4.93. The van der Waals surface area contributed by atoms with E-state index in [0.717, 1.165) is 6.26 Å². The van der Waals surface area contributed by atoms with Crippen molar-refractivity contribution in [1.29, 1.82) is 0 Å². The number of amides is 1. The maximum Gasteiger partial charge on any atom is 0.326 e. The largest absolute Gasteiger partial charge is 0.426 e. The molecule has 0 unspecified atom stereocenters. The normalized spacial score (nSPS) is 10.9. The molecule has 0 aliphatic rings. The number of carbonyl (C=O) groups is 2. The van der Waals surface area contributed by atoms with Crippen molar-refractivity contribution in [2.75, 3.05) is 12.8 Å². The summed E-state index contributed by atoms with van der Waals surface area (Å²) in [4.78, 5) is 22.2. The fourth-order valence-corrected chi connectivity index (χ4v) is 1.45. The Morgan fingerprint density at radius 1 is 1.39 bits per heavy atom. The third-order valence-electron chi connectivity index (χ3n) is 1.83. The van der Waals surface area contributed by atoms with Crippen molar-refractivity contribution in [2.24, 2.45) is 5.73 Å². The highest BCUT2D eigenvalue weighted by molar-refractivity contribution is 7.88. The Kier molecular flexibility index (Phi) is 4.40. The number of nitrogens with one attached hydrogen (secondary N) is 1. The summed E-state index contributed by atoms with van der Waals surface area (Å²) in [5.41, 5.74) is 5.25. The smallest absolute Gasteiger partial charge is 0.326 e. The monoisotopic (exact) mass is 272 g/mol. The molecule has 0 aromatic heterocycles. The topological polar surface area (TPSA) is 116 Å². The molecular formula is C10H12N2O5S. The summed E-state index contributed by atoms with van der Waals surface area (Å²) >= 11 is 0. The first-order valence-electron chi connectivity index (χ1n) is 4.83. The van der Waals surface area contributed by atoms with Crippen molar-refractivity contribution in [3.05, 3.63) is 29.8 Å². The van der Waals surface area contributed by atoms with Crippen molar-refractivity contribution in [3.63, 3.8) is 0 Å². The minimum Gasteiger partial charge on any atom is -0.426 e. The van der Waals surface area contributed by atoms with Crippen LogP contribution in [0.3, 0.4) is 0 Å². The molecule has 0 atom stereocenters. The number of benzene rings is 1. The van der Waals surface area contributed by atoms with E-state index in [1.54, 1.807) is 0 Å². The lowest BCUT2D eigenvalue weighted by molar-refractivity contribution is -0.133. The van der Waals surface area contributed by atoms with Crippen LogP contribution in [0.4, 0.5) is 0 Å². The van der Waals surface area contributed by atoms with E-state index in [1.807, 2.05) is 4.72 Å². The van der Waals surface area contributed by atoms with Crippen LogP contribution >= 0.6 is 0 Å². The summed E-state index contributed by atoms with van der Waals surface area (Å²) in [7, 11) is -3.46. The SMILES string of the molecule is CS(=O)(=O)NCC(=O)Oc1cccc(C(N)=O)c1. The number of carbonyl (C=O) groups excluding carboxylic acids is 2. The van der Waals surface area contributed by atoms with E-state index in [1.165, 1.54) is 24.3 Å². The molecule has 0 aliphatic carbocycles. The second kappa shape index (κ2) is 5.61. The summed E-state index contributed by atoms with van der Waals surface area (Å²) in [6.45, 7) is -0.486. The lowest BCUT2D eigenvalue weighted by Crippen LogP contribution is -2.31. The molecule has 0 aliphatic heterocycles. The van der Waals surface area contributed by atoms with Gasteiger partial charge >= 0.3 is 5.97 Å². The molecule has 0 saturated heterocycles. The number of sulfonamides is 1. The zero-order valence-corrected chi connectivity index (χ0v) is 10.4. The van der Waals surface area contributed by atoms with E-state index in [4.69, 9.17) is 10.5 Å². The van der Waals surface area contributed by atoms with Crippen LogP contribution < -0.4 is 15.2 Å². The van der Waals surface area contributed by atoms with E-state index in [0.29, 0.717) is 0 Å². The van der Waals surface area contributed by atoms with Gasteiger partial charge in [0.05, 0.1) is 6.26 Å². The first-order chi connectivity index (χ1) is 8.28. The summed E-state index contributed by atoms with van der Waals surface area (Å²) in [5.74, 6) is -1.32. The zero-order valence-electron chi connectivity index (χ0n) is 9.54. The molecule has 0 spiro atoms. The molecule has 1 aromatic carbocycles. The van der Waals surface area contributed by atoms with E-state index in [2.05, 4.69) is 0 Å². The van der Waals surface area contributed by atoms with Gasteiger partial charge in [0.15, 0.2) is 0 Å². The lowest BCUT2D eigenvalue weighted by Gasteiger charge is -2.05. The van der Waals surface area contributed by atoms with Crippen molar-refractivity contribution in [3.8, 4) is 5.75 Å². The number of esters is 1. The number of nitrogens with two attached hydrogens (primary N) is 1. The number of hydrogen-bond acceptors (Lipinski definition) is 5. The summed E-state index contributed by atoms with van der Waals surface area (Å²) in [6.07, 6.45) is 0.925. The van der Waals surface area contributed by atoms with Gasteiger partial charge in [-0.15, -0.1) is 0 Å². The predicted octanol–water partition coefficient (Wildman–Crippen LogP) is -0.760. The maximum atomic E-state index is 11.3. The minimum absolute atomic E-state index is 0.117. The van der Waals surface area contributed by atoms with Crippen molar-refractivity contribution in [1.82, 2.24) is 4.72 Å². The molecule has 8 heteroatoms. The summed E-state index contributed by atoms with van der Waals surface area (Å²) < 4.78 is 28.3. The molecule has 0 radical (unpaired) electrons. The summed E-state index contributed by atoms with van der Waals surface area (Å²) in [6, 6.07) is 5.70. The van der Waals surface area contributed by atoms with Gasteiger partial charge in [0.1, 0.15) is 12.3 Å². The Morgan fingerprint density at radius 3 is 2.61 bits per heavy atom. The van der Waals surface area contributed by atoms with Crippen LogP contribution in [0.2, 0.25) is 0 Å². The Morgan fingerprint density at radius 2 is 2.06 bits per heavy atom. The number of rotatable bonds is 5. The maximum absolute atomic E-state index is 11.3. The van der Waals surface area contributed by atoms with Crippen molar-refractivity contribution >= 4 is 21.9 Å². The molecule has 0 saturated carbocycles. The molecule has 7 nitrogen and oxygen atoms in total. The van der Waals surface area contributed by atoms with Gasteiger partial charge in [0.2, 0.25) is 15.9 Å². The number of ether oxygens (including phenoxy) is 1. The highest BCUT2D eigenvalue weighted by Gasteiger charge is 2.09. The Hall–Kier alpha value is -1.93. The van der Waals surface area contributed by atoms with Crippen LogP contribution in [0, 0.1) is 0 Å². The third-order valence-corrected chi connectivity index (χ3v) is 2.50. The fraction of sp³-hybridized carbons (Fsp3) is 0.200. The molecule has 0 fully saturated rings. The Bertz CT molecular complexity index is 567. The second-order valence-corrected chi connectivity index (χ2v) is 5.29. The van der Waals surface area contributed by atoms with E-state index in [-0.39, 0.29) is 11.3 Å². The fourth-order valence-electron chi connectivity index (χ4n) is 1.07. The van der Waals surface area contributed by atoms with Gasteiger partial charge < -0.3 is 10.5 Å². The molecule has 98 valence electrons. The van der Waals surface area contributed by atoms with Crippen molar-refractivity contribution in [2.45, 2.75) is 0 Å². The van der Waals surface area contributed by atoms with Crippen LogP contribution in [0.1, 0.15) is 10.4 Å². The number of primary amides is 1. The van der Waals surface area contributed by atoms with Crippen LogP contribution in [-0.2, 0) is 14.8 Å². The van der Waals surface area contributed by atoms with Crippen molar-refractivity contribution < 1.29 is 22.7 Å². The van der Waals surface area contributed by atoms with Gasteiger partial charge in [-0.3, -0.25) is 9.59 Å². The molecule has 3 N–H and O–H groups in total. The first kappa shape index (κ1) is 14.1.